The lowest BCUT2D eigenvalue weighted by Crippen LogP contribution is -2.31. The minimum Gasteiger partial charge on any atom is -0.454 e. The molecule has 44 heavy (non-hydrogen) atoms. The fourth-order valence-electron chi connectivity index (χ4n) is 7.36. The topological polar surface area (TPSA) is 40.8 Å². The summed E-state index contributed by atoms with van der Waals surface area (Å²) in [6.45, 7) is 8.78. The molecule has 224 valence electrons. The van der Waals surface area contributed by atoms with Crippen molar-refractivity contribution in [2.75, 3.05) is 0 Å². The van der Waals surface area contributed by atoms with Gasteiger partial charge in [-0.3, -0.25) is 0 Å². The van der Waals surface area contributed by atoms with Crippen molar-refractivity contribution in [3.05, 3.63) is 88.1 Å². The van der Waals surface area contributed by atoms with E-state index in [-0.39, 0.29) is 23.8 Å². The molecule has 2 aliphatic carbocycles. The maximum absolute atomic E-state index is 10.5. The molecule has 0 bridgehead atoms. The number of aryl methyl sites for hydroxylation is 2. The fraction of sp³-hybridized carbons (Fsp3) is 0.415. The molecule has 0 spiro atoms. The minimum absolute atomic E-state index is 0.0111. The number of nitrogens with zero attached hydrogens (tertiary/aromatic N) is 2. The van der Waals surface area contributed by atoms with Gasteiger partial charge in [-0.2, -0.15) is 5.26 Å². The van der Waals surface area contributed by atoms with Crippen molar-refractivity contribution < 1.29 is 15.8 Å². The predicted molar refractivity (Wildman–Crippen MR) is 181 cm³/mol. The predicted octanol–water partition coefficient (Wildman–Crippen LogP) is 10.4. The molecule has 1 fully saturated rings. The zero-order chi connectivity index (χ0) is 35.1. The number of aromatic nitrogens is 1. The Morgan fingerprint density at radius 2 is 1.61 bits per heavy atom. The second kappa shape index (κ2) is 11.2. The molecule has 0 aliphatic heterocycles. The van der Waals surface area contributed by atoms with Crippen LogP contribution in [0.15, 0.2) is 59.1 Å². The minimum atomic E-state index is -1.86. The van der Waals surface area contributed by atoms with Crippen LogP contribution in [-0.4, -0.2) is 0 Å². The number of benzene rings is 3. The number of hydrogen-bond donors (Lipinski definition) is 0. The Balaban J connectivity index is 1.54. The zero-order valence-corrected chi connectivity index (χ0v) is 26.7. The lowest BCUT2D eigenvalue weighted by atomic mass is 9.75. The highest BCUT2D eigenvalue weighted by Crippen LogP contribution is 2.46. The number of rotatable bonds is 4. The van der Waals surface area contributed by atoms with E-state index in [9.17, 15) is 12.1 Å². The molecule has 2 aliphatic rings. The van der Waals surface area contributed by atoms with Gasteiger partial charge in [0.15, 0.2) is 6.20 Å². The number of fused-ring (bicyclic) bond motifs is 4. The maximum atomic E-state index is 10.5. The van der Waals surface area contributed by atoms with Gasteiger partial charge in [0.2, 0.25) is 5.69 Å². The van der Waals surface area contributed by atoms with Gasteiger partial charge in [0.25, 0.3) is 0 Å². The van der Waals surface area contributed by atoms with E-state index in [1.54, 1.807) is 6.07 Å². The Hall–Kier alpha value is -3.90. The number of hydrogen-bond acceptors (Lipinski definition) is 2. The second-order valence-corrected chi connectivity index (χ2v) is 13.9. The Labute approximate surface area is 269 Å². The SMILES string of the molecule is [2H]C1([2H])CCC([2H])([2H])c2c(C3([2H])CCCCC3)ccc(-c3c(C#N)ccc4c3oc3c(-c5cc(CC(C)(C)C)cc[n+]5C)c(C)ccc34)c21. The fourth-order valence-corrected chi connectivity index (χ4v) is 7.36. The van der Waals surface area contributed by atoms with E-state index in [1.165, 1.54) is 5.56 Å². The summed E-state index contributed by atoms with van der Waals surface area (Å²) in [5.74, 6) is -0.978. The first-order valence-electron chi connectivity index (χ1n) is 18.6. The van der Waals surface area contributed by atoms with Crippen molar-refractivity contribution in [1.29, 1.82) is 5.26 Å². The van der Waals surface area contributed by atoms with Crippen LogP contribution in [0.5, 0.6) is 0 Å². The molecule has 2 aromatic heterocycles. The van der Waals surface area contributed by atoms with Gasteiger partial charge >= 0.3 is 0 Å². The molecule has 0 amide bonds. The van der Waals surface area contributed by atoms with Crippen molar-refractivity contribution in [3.63, 3.8) is 0 Å². The third-order valence-corrected chi connectivity index (χ3v) is 9.38. The van der Waals surface area contributed by atoms with E-state index >= 15 is 0 Å². The third kappa shape index (κ3) is 5.03. The summed E-state index contributed by atoms with van der Waals surface area (Å²) in [6.07, 6.45) is 3.46. The molecular formula is C41H45N2O+. The molecule has 1 saturated carbocycles. The third-order valence-electron chi connectivity index (χ3n) is 9.38. The van der Waals surface area contributed by atoms with Crippen LogP contribution in [0, 0.1) is 23.7 Å². The standard InChI is InChI=1S/C41H45N2O/c1-26-15-17-34-35-18-16-29(25-42)38(33-20-19-30(28-11-7-6-8-12-28)31-13-9-10-14-32(31)33)40(35)44-39(34)37(26)36-23-27(21-22-43(36)5)24-41(2,3)4/h15-23,28H,6-14,24H2,1-5H3/q+1/i13D2,14D2,28D. The molecule has 0 N–H and O–H groups in total. The van der Waals surface area contributed by atoms with Crippen molar-refractivity contribution in [2.24, 2.45) is 12.5 Å². The highest BCUT2D eigenvalue weighted by molar-refractivity contribution is 6.14. The summed E-state index contributed by atoms with van der Waals surface area (Å²) < 4.78 is 55.5. The van der Waals surface area contributed by atoms with Crippen molar-refractivity contribution in [3.8, 4) is 28.5 Å². The van der Waals surface area contributed by atoms with Crippen molar-refractivity contribution in [2.45, 2.75) is 97.7 Å². The molecular weight excluding hydrogens is 536 g/mol. The number of pyridine rings is 1. The zero-order valence-electron chi connectivity index (χ0n) is 31.7. The van der Waals surface area contributed by atoms with E-state index in [0.717, 1.165) is 53.3 Å². The first-order chi connectivity index (χ1) is 23.0. The van der Waals surface area contributed by atoms with E-state index in [0.29, 0.717) is 51.8 Å². The smallest absolute Gasteiger partial charge is 0.216 e. The summed E-state index contributed by atoms with van der Waals surface area (Å²) in [5.41, 5.74) is 8.04. The lowest BCUT2D eigenvalue weighted by molar-refractivity contribution is -0.660. The van der Waals surface area contributed by atoms with E-state index < -0.39 is 18.6 Å². The van der Waals surface area contributed by atoms with E-state index in [2.05, 4.69) is 68.8 Å². The van der Waals surface area contributed by atoms with Gasteiger partial charge < -0.3 is 4.42 Å². The van der Waals surface area contributed by atoms with Gasteiger partial charge in [-0.15, -0.1) is 0 Å². The van der Waals surface area contributed by atoms with Gasteiger partial charge in [0.05, 0.1) is 17.2 Å². The van der Waals surface area contributed by atoms with Crippen LogP contribution >= 0.6 is 0 Å². The molecule has 3 heteroatoms. The maximum Gasteiger partial charge on any atom is 0.216 e. The Morgan fingerprint density at radius 3 is 2.34 bits per heavy atom. The largest absolute Gasteiger partial charge is 0.454 e. The molecule has 5 aromatic rings. The van der Waals surface area contributed by atoms with Crippen LogP contribution in [0.2, 0.25) is 0 Å². The Morgan fingerprint density at radius 1 is 0.909 bits per heavy atom. The van der Waals surface area contributed by atoms with Crippen LogP contribution < -0.4 is 4.57 Å². The summed E-state index contributed by atoms with van der Waals surface area (Å²) in [5, 5.41) is 12.2. The van der Waals surface area contributed by atoms with Crippen molar-refractivity contribution in [1.82, 2.24) is 0 Å². The number of furan rings is 1. The molecule has 3 aromatic carbocycles. The highest BCUT2D eigenvalue weighted by atomic mass is 16.3. The van der Waals surface area contributed by atoms with Crippen molar-refractivity contribution >= 4 is 21.9 Å². The van der Waals surface area contributed by atoms with E-state index in [4.69, 9.17) is 4.42 Å². The Kier molecular flexibility index (Phi) is 5.99. The van der Waals surface area contributed by atoms with Crippen LogP contribution in [-0.2, 0) is 26.2 Å². The molecule has 0 radical (unpaired) electrons. The van der Waals surface area contributed by atoms with Gasteiger partial charge in [-0.25, -0.2) is 4.57 Å². The first-order valence-corrected chi connectivity index (χ1v) is 16.1. The molecule has 0 saturated heterocycles. The van der Waals surface area contributed by atoms with Crippen LogP contribution in [0.4, 0.5) is 0 Å². The van der Waals surface area contributed by atoms with Crippen LogP contribution in [0.1, 0.15) is 112 Å². The normalized spacial score (nSPS) is 20.6. The van der Waals surface area contributed by atoms with Gasteiger partial charge in [0.1, 0.15) is 18.2 Å². The molecule has 2 heterocycles. The second-order valence-electron chi connectivity index (χ2n) is 13.9. The quantitative estimate of drug-likeness (QED) is 0.197. The summed E-state index contributed by atoms with van der Waals surface area (Å²) >= 11 is 0. The van der Waals surface area contributed by atoms with Crippen LogP contribution in [0.25, 0.3) is 44.3 Å². The highest BCUT2D eigenvalue weighted by Gasteiger charge is 2.28. The van der Waals surface area contributed by atoms with E-state index in [1.807, 2.05) is 25.2 Å². The van der Waals surface area contributed by atoms with Gasteiger partial charge in [-0.1, -0.05) is 64.3 Å². The molecule has 0 unspecified atom stereocenters. The summed E-state index contributed by atoms with van der Waals surface area (Å²) in [7, 11) is 2.03. The summed E-state index contributed by atoms with van der Waals surface area (Å²) in [4.78, 5) is 0. The average Bonchev–Trinajstić information content (AvgIpc) is 3.41. The molecule has 7 rings (SSSR count). The average molecular weight is 587 g/mol. The van der Waals surface area contributed by atoms with Gasteiger partial charge in [0, 0.05) is 35.3 Å². The number of nitriles is 1. The Bertz CT molecular complexity index is 2180. The lowest BCUT2D eigenvalue weighted by Gasteiger charge is -2.29. The summed E-state index contributed by atoms with van der Waals surface area (Å²) in [6, 6.07) is 18.3. The van der Waals surface area contributed by atoms with Gasteiger partial charge in [-0.05, 0) is 109 Å². The molecule has 3 nitrogen and oxygen atoms in total. The molecule has 0 atom stereocenters. The monoisotopic (exact) mass is 586 g/mol. The van der Waals surface area contributed by atoms with Crippen LogP contribution in [0.3, 0.4) is 0 Å². The first kappa shape index (κ1) is 23.5.